The van der Waals surface area contributed by atoms with Gasteiger partial charge < -0.3 is 18.6 Å². The minimum Gasteiger partial charge on any atom is -0.463 e. The van der Waals surface area contributed by atoms with Crippen molar-refractivity contribution in [2.24, 2.45) is 0 Å². The van der Waals surface area contributed by atoms with E-state index in [1.54, 1.807) is 0 Å². The lowest BCUT2D eigenvalue weighted by atomic mass is 10.1. The maximum absolute atomic E-state index is 11.6. The molecule has 0 N–H and O–H groups in total. The number of rotatable bonds is 17. The zero-order valence-electron chi connectivity index (χ0n) is 18.7. The van der Waals surface area contributed by atoms with Crippen LogP contribution in [0.1, 0.15) is 72.6 Å². The summed E-state index contributed by atoms with van der Waals surface area (Å²) in [6, 6.07) is 0. The third kappa shape index (κ3) is 15.2. The van der Waals surface area contributed by atoms with Crippen LogP contribution < -0.4 is 0 Å². The van der Waals surface area contributed by atoms with E-state index in [2.05, 4.69) is 40.8 Å². The monoisotopic (exact) mass is 404 g/mol. The van der Waals surface area contributed by atoms with Crippen molar-refractivity contribution in [1.82, 2.24) is 0 Å². The lowest BCUT2D eigenvalue weighted by Crippen LogP contribution is -2.41. The second kappa shape index (κ2) is 15.5. The minimum absolute atomic E-state index is 0.117. The van der Waals surface area contributed by atoms with Crippen molar-refractivity contribution < 1.29 is 23.4 Å². The van der Waals surface area contributed by atoms with Crippen molar-refractivity contribution in [2.75, 3.05) is 39.6 Å². The first-order valence-corrected chi connectivity index (χ1v) is 13.6. The summed E-state index contributed by atoms with van der Waals surface area (Å²) >= 11 is 0. The SMILES string of the molecule is CCCCCCCCC(=O)OCCOCCOCCO[Si](C)(C)C(C)(C)C. The van der Waals surface area contributed by atoms with Crippen molar-refractivity contribution in [3.05, 3.63) is 0 Å². The topological polar surface area (TPSA) is 54.0 Å². The van der Waals surface area contributed by atoms with E-state index in [9.17, 15) is 4.79 Å². The van der Waals surface area contributed by atoms with Crippen LogP contribution in [0.15, 0.2) is 0 Å². The van der Waals surface area contributed by atoms with Gasteiger partial charge in [0.1, 0.15) is 6.61 Å². The van der Waals surface area contributed by atoms with E-state index in [0.29, 0.717) is 46.1 Å². The molecule has 162 valence electrons. The molecule has 0 aromatic carbocycles. The van der Waals surface area contributed by atoms with Crippen molar-refractivity contribution in [3.8, 4) is 0 Å². The van der Waals surface area contributed by atoms with E-state index in [4.69, 9.17) is 18.6 Å². The fourth-order valence-corrected chi connectivity index (χ4v) is 3.26. The van der Waals surface area contributed by atoms with Gasteiger partial charge in [-0.2, -0.15) is 0 Å². The molecular weight excluding hydrogens is 360 g/mol. The molecule has 0 bridgehead atoms. The lowest BCUT2D eigenvalue weighted by Gasteiger charge is -2.36. The standard InChI is InChI=1S/C21H44O5Si/c1-7-8-9-10-11-12-13-20(22)25-18-16-23-14-15-24-17-19-26-27(5,6)21(2,3)4/h7-19H2,1-6H3. The van der Waals surface area contributed by atoms with Gasteiger partial charge >= 0.3 is 5.97 Å². The molecule has 5 nitrogen and oxygen atoms in total. The summed E-state index contributed by atoms with van der Waals surface area (Å²) in [7, 11) is -1.68. The Morgan fingerprint density at radius 1 is 0.778 bits per heavy atom. The molecule has 0 aromatic heterocycles. The number of hydrogen-bond donors (Lipinski definition) is 0. The number of carbonyl (C=O) groups excluding carboxylic acids is 1. The van der Waals surface area contributed by atoms with Gasteiger partial charge in [-0.1, -0.05) is 59.8 Å². The van der Waals surface area contributed by atoms with Crippen molar-refractivity contribution in [3.63, 3.8) is 0 Å². The Labute approximate surface area is 168 Å². The average molecular weight is 405 g/mol. The fraction of sp³-hybridized carbons (Fsp3) is 0.952. The molecule has 0 aliphatic rings. The lowest BCUT2D eigenvalue weighted by molar-refractivity contribution is -0.145. The molecule has 0 spiro atoms. The van der Waals surface area contributed by atoms with Crippen LogP contribution in [0.2, 0.25) is 18.1 Å². The molecule has 0 amide bonds. The van der Waals surface area contributed by atoms with Crippen LogP contribution in [0.25, 0.3) is 0 Å². The van der Waals surface area contributed by atoms with Gasteiger partial charge in [-0.15, -0.1) is 0 Å². The van der Waals surface area contributed by atoms with Gasteiger partial charge in [0.25, 0.3) is 0 Å². The molecular formula is C21H44O5Si. The average Bonchev–Trinajstić information content (AvgIpc) is 2.58. The molecule has 0 heterocycles. The van der Waals surface area contributed by atoms with E-state index in [-0.39, 0.29) is 11.0 Å². The van der Waals surface area contributed by atoms with Gasteiger partial charge in [-0.25, -0.2) is 0 Å². The van der Waals surface area contributed by atoms with E-state index >= 15 is 0 Å². The smallest absolute Gasteiger partial charge is 0.305 e. The van der Waals surface area contributed by atoms with Crippen molar-refractivity contribution in [1.29, 1.82) is 0 Å². The molecule has 27 heavy (non-hydrogen) atoms. The van der Waals surface area contributed by atoms with E-state index in [0.717, 1.165) is 12.8 Å². The van der Waals surface area contributed by atoms with Crippen molar-refractivity contribution in [2.45, 2.75) is 90.8 Å². The number of unbranched alkanes of at least 4 members (excludes halogenated alkanes) is 5. The summed E-state index contributed by atoms with van der Waals surface area (Å²) in [4.78, 5) is 11.6. The molecule has 0 aromatic rings. The normalized spacial score (nSPS) is 12.4. The molecule has 0 aliphatic carbocycles. The highest BCUT2D eigenvalue weighted by Gasteiger charge is 2.36. The maximum atomic E-state index is 11.6. The van der Waals surface area contributed by atoms with Crippen LogP contribution in [0.5, 0.6) is 0 Å². The number of carbonyl (C=O) groups is 1. The summed E-state index contributed by atoms with van der Waals surface area (Å²) in [5, 5.41) is 0.225. The molecule has 0 rings (SSSR count). The Hall–Kier alpha value is -0.433. The predicted octanol–water partition coefficient (Wildman–Crippen LogP) is 5.34. The molecule has 0 atom stereocenters. The van der Waals surface area contributed by atoms with E-state index in [1.807, 2.05) is 0 Å². The molecule has 0 unspecified atom stereocenters. The Balaban J connectivity index is 3.37. The highest BCUT2D eigenvalue weighted by molar-refractivity contribution is 6.74. The first-order valence-electron chi connectivity index (χ1n) is 10.7. The maximum Gasteiger partial charge on any atom is 0.305 e. The summed E-state index contributed by atoms with van der Waals surface area (Å²) < 4.78 is 22.2. The zero-order valence-corrected chi connectivity index (χ0v) is 19.7. The highest BCUT2D eigenvalue weighted by Crippen LogP contribution is 2.36. The van der Waals surface area contributed by atoms with Crippen molar-refractivity contribution >= 4 is 14.3 Å². The molecule has 6 heteroatoms. The van der Waals surface area contributed by atoms with Crippen LogP contribution in [-0.4, -0.2) is 53.9 Å². The molecule has 0 saturated heterocycles. The summed E-state index contributed by atoms with van der Waals surface area (Å²) in [6.45, 7) is 16.4. The Morgan fingerprint density at radius 3 is 1.89 bits per heavy atom. The van der Waals surface area contributed by atoms with Crippen LogP contribution in [-0.2, 0) is 23.4 Å². The second-order valence-corrected chi connectivity index (χ2v) is 13.4. The number of esters is 1. The van der Waals surface area contributed by atoms with Gasteiger partial charge in [-0.05, 0) is 24.6 Å². The second-order valence-electron chi connectivity index (χ2n) is 8.57. The first kappa shape index (κ1) is 26.6. The predicted molar refractivity (Wildman–Crippen MR) is 114 cm³/mol. The third-order valence-electron chi connectivity index (χ3n) is 5.09. The van der Waals surface area contributed by atoms with Gasteiger partial charge in [0.05, 0.1) is 33.0 Å². The summed E-state index contributed by atoms with van der Waals surface area (Å²) in [6.07, 6.45) is 7.57. The minimum atomic E-state index is -1.68. The van der Waals surface area contributed by atoms with Crippen LogP contribution in [0, 0.1) is 0 Å². The van der Waals surface area contributed by atoms with Gasteiger partial charge in [-0.3, -0.25) is 4.79 Å². The summed E-state index contributed by atoms with van der Waals surface area (Å²) in [5.74, 6) is -0.117. The van der Waals surface area contributed by atoms with Crippen LogP contribution >= 0.6 is 0 Å². The van der Waals surface area contributed by atoms with Crippen LogP contribution in [0.3, 0.4) is 0 Å². The third-order valence-corrected chi connectivity index (χ3v) is 9.63. The largest absolute Gasteiger partial charge is 0.463 e. The van der Waals surface area contributed by atoms with Crippen LogP contribution in [0.4, 0.5) is 0 Å². The first-order chi connectivity index (χ1) is 12.7. The Bertz CT molecular complexity index is 366. The summed E-state index contributed by atoms with van der Waals surface area (Å²) in [5.41, 5.74) is 0. The highest BCUT2D eigenvalue weighted by atomic mass is 28.4. The van der Waals surface area contributed by atoms with E-state index in [1.165, 1.54) is 25.7 Å². The van der Waals surface area contributed by atoms with Gasteiger partial charge in [0.15, 0.2) is 8.32 Å². The van der Waals surface area contributed by atoms with Gasteiger partial charge in [0.2, 0.25) is 0 Å². The quantitative estimate of drug-likeness (QED) is 0.186. The molecule has 0 radical (unpaired) electrons. The van der Waals surface area contributed by atoms with Gasteiger partial charge in [0, 0.05) is 6.42 Å². The fourth-order valence-electron chi connectivity index (χ4n) is 2.23. The molecule has 0 saturated carbocycles. The number of ether oxygens (including phenoxy) is 3. The Morgan fingerprint density at radius 2 is 1.30 bits per heavy atom. The Kier molecular flexibility index (Phi) is 15.2. The molecule has 0 fully saturated rings. The zero-order chi connectivity index (χ0) is 20.6. The van der Waals surface area contributed by atoms with E-state index < -0.39 is 8.32 Å². The molecule has 0 aliphatic heterocycles. The number of hydrogen-bond acceptors (Lipinski definition) is 5.